The average molecular weight is 928 g/mol. The van der Waals surface area contributed by atoms with Crippen molar-refractivity contribution < 1.29 is 0 Å². The number of rotatable bonds is 4. The standard InChI is InChI=1S/C67H70BN3/c1-63(2,3)44-28-33-48(34-29-44)69-58-36-31-46(65(7,8)9)39-53(58)68-54-40-47(66(10,11)12)32-37-59(54)71(55-35-30-45(64(4,5)6)38-50(55)43-22-16-15-17-23-43)61-42-49(41-60(69)62(61)68)70-56-26-20-18-24-51(56)67(13,14)52-25-19-21-27-57(52)70/h15-42H,1-14H3. The van der Waals surface area contributed by atoms with Crippen LogP contribution >= 0.6 is 0 Å². The molecule has 0 atom stereocenters. The molecule has 0 N–H and O–H groups in total. The molecular formula is C67H70BN3. The van der Waals surface area contributed by atoms with Crippen LogP contribution in [0.25, 0.3) is 11.1 Å². The molecule has 0 saturated carbocycles. The van der Waals surface area contributed by atoms with Gasteiger partial charge in [0, 0.05) is 39.4 Å². The third-order valence-corrected chi connectivity index (χ3v) is 15.9. The molecule has 3 aliphatic heterocycles. The van der Waals surface area contributed by atoms with Gasteiger partial charge in [-0.05, 0) is 138 Å². The Morgan fingerprint density at radius 2 is 0.746 bits per heavy atom. The van der Waals surface area contributed by atoms with Gasteiger partial charge in [-0.25, -0.2) is 0 Å². The van der Waals surface area contributed by atoms with Crippen LogP contribution in [0.3, 0.4) is 0 Å². The summed E-state index contributed by atoms with van der Waals surface area (Å²) in [5.41, 5.74) is 24.7. The smallest absolute Gasteiger partial charge is 0.252 e. The van der Waals surface area contributed by atoms with Crippen molar-refractivity contribution in [2.45, 2.75) is 124 Å². The van der Waals surface area contributed by atoms with Gasteiger partial charge in [-0.2, -0.15) is 0 Å². The quantitative estimate of drug-likeness (QED) is 0.163. The van der Waals surface area contributed by atoms with E-state index in [1.807, 2.05) is 0 Å². The normalized spacial score (nSPS) is 14.9. The molecule has 0 spiro atoms. The molecule has 0 unspecified atom stereocenters. The third-order valence-electron chi connectivity index (χ3n) is 15.9. The Labute approximate surface area is 425 Å². The Morgan fingerprint density at radius 1 is 0.338 bits per heavy atom. The number of para-hydroxylation sites is 2. The van der Waals surface area contributed by atoms with Crippen molar-refractivity contribution in [3.8, 4) is 11.1 Å². The second-order valence-corrected chi connectivity index (χ2v) is 25.2. The van der Waals surface area contributed by atoms with E-state index in [4.69, 9.17) is 0 Å². The Balaban J connectivity index is 1.31. The topological polar surface area (TPSA) is 9.72 Å². The zero-order chi connectivity index (χ0) is 50.2. The molecule has 0 saturated heterocycles. The SMILES string of the molecule is CC(C)(C)c1ccc(N2c3ccc(C(C)(C)C)cc3B3c4cc(C(C)(C)C)ccc4N(c4ccc(C(C)(C)C)cc4-c4ccccc4)c4cc(N5c6ccccc6C(C)(C)c6ccccc65)cc2c43)cc1. The van der Waals surface area contributed by atoms with E-state index in [0.717, 1.165) is 11.4 Å². The van der Waals surface area contributed by atoms with E-state index in [0.29, 0.717) is 0 Å². The Bertz CT molecular complexity index is 3340. The maximum absolute atomic E-state index is 2.64. The summed E-state index contributed by atoms with van der Waals surface area (Å²) in [4.78, 5) is 7.79. The number of fused-ring (bicyclic) bond motifs is 6. The third kappa shape index (κ3) is 7.63. The van der Waals surface area contributed by atoms with Crippen LogP contribution in [0, 0.1) is 0 Å². The summed E-state index contributed by atoms with van der Waals surface area (Å²) in [6, 6.07) is 65.7. The zero-order valence-corrected chi connectivity index (χ0v) is 44.6. The average Bonchev–Trinajstić information content (AvgIpc) is 3.33. The molecule has 0 amide bonds. The van der Waals surface area contributed by atoms with E-state index in [2.05, 4.69) is 281 Å². The van der Waals surface area contributed by atoms with Gasteiger partial charge in [0.05, 0.1) is 22.7 Å². The second kappa shape index (κ2) is 16.1. The predicted molar refractivity (Wildman–Crippen MR) is 308 cm³/mol. The summed E-state index contributed by atoms with van der Waals surface area (Å²) in [6.07, 6.45) is 0. The van der Waals surface area contributed by atoms with Crippen molar-refractivity contribution in [3.05, 3.63) is 203 Å². The van der Waals surface area contributed by atoms with E-state index < -0.39 is 0 Å². The minimum Gasteiger partial charge on any atom is -0.311 e. The lowest BCUT2D eigenvalue weighted by atomic mass is 9.33. The maximum Gasteiger partial charge on any atom is 0.252 e. The van der Waals surface area contributed by atoms with Gasteiger partial charge in [0.1, 0.15) is 0 Å². The summed E-state index contributed by atoms with van der Waals surface area (Å²) in [5, 5.41) is 0. The number of hydrogen-bond donors (Lipinski definition) is 0. The Kier molecular flexibility index (Phi) is 10.6. The molecule has 356 valence electrons. The lowest BCUT2D eigenvalue weighted by Gasteiger charge is -2.47. The van der Waals surface area contributed by atoms with E-state index in [1.165, 1.54) is 101 Å². The van der Waals surface area contributed by atoms with Crippen LogP contribution in [-0.4, -0.2) is 6.71 Å². The van der Waals surface area contributed by atoms with Gasteiger partial charge in [0.15, 0.2) is 0 Å². The van der Waals surface area contributed by atoms with Crippen LogP contribution in [0.15, 0.2) is 170 Å². The summed E-state index contributed by atoms with van der Waals surface area (Å²) in [5.74, 6) is 0. The first-order valence-corrected chi connectivity index (χ1v) is 25.9. The zero-order valence-electron chi connectivity index (χ0n) is 44.6. The molecular weight excluding hydrogens is 858 g/mol. The largest absolute Gasteiger partial charge is 0.311 e. The molecule has 3 aliphatic rings. The molecule has 71 heavy (non-hydrogen) atoms. The van der Waals surface area contributed by atoms with Crippen LogP contribution in [-0.2, 0) is 27.1 Å². The molecule has 8 aromatic rings. The molecule has 0 bridgehead atoms. The summed E-state index contributed by atoms with van der Waals surface area (Å²) in [6.45, 7) is 32.7. The minimum atomic E-state index is -0.198. The van der Waals surface area contributed by atoms with Gasteiger partial charge in [0.2, 0.25) is 0 Å². The highest BCUT2D eigenvalue weighted by atomic mass is 15.2. The molecule has 8 aromatic carbocycles. The predicted octanol–water partition coefficient (Wildman–Crippen LogP) is 16.7. The Morgan fingerprint density at radius 3 is 1.25 bits per heavy atom. The van der Waals surface area contributed by atoms with Crippen molar-refractivity contribution in [2.75, 3.05) is 14.7 Å². The molecule has 0 aromatic heterocycles. The summed E-state index contributed by atoms with van der Waals surface area (Å²) >= 11 is 0. The van der Waals surface area contributed by atoms with Crippen LogP contribution < -0.4 is 31.1 Å². The van der Waals surface area contributed by atoms with Gasteiger partial charge in [-0.1, -0.05) is 206 Å². The van der Waals surface area contributed by atoms with E-state index >= 15 is 0 Å². The highest BCUT2D eigenvalue weighted by Gasteiger charge is 2.46. The van der Waals surface area contributed by atoms with Crippen molar-refractivity contribution in [3.63, 3.8) is 0 Å². The molecule has 3 heterocycles. The first kappa shape index (κ1) is 46.6. The van der Waals surface area contributed by atoms with Crippen LogP contribution in [0.2, 0.25) is 0 Å². The van der Waals surface area contributed by atoms with Gasteiger partial charge in [0.25, 0.3) is 6.71 Å². The van der Waals surface area contributed by atoms with Crippen LogP contribution in [0.4, 0.5) is 51.2 Å². The van der Waals surface area contributed by atoms with E-state index in [9.17, 15) is 0 Å². The molecule has 0 aliphatic carbocycles. The summed E-state index contributed by atoms with van der Waals surface area (Å²) < 4.78 is 0. The lowest BCUT2D eigenvalue weighted by Crippen LogP contribution is -2.61. The fourth-order valence-corrected chi connectivity index (χ4v) is 11.7. The van der Waals surface area contributed by atoms with Crippen molar-refractivity contribution in [1.29, 1.82) is 0 Å². The second-order valence-electron chi connectivity index (χ2n) is 25.2. The monoisotopic (exact) mass is 928 g/mol. The lowest BCUT2D eigenvalue weighted by molar-refractivity contribution is 0.590. The molecule has 0 radical (unpaired) electrons. The van der Waals surface area contributed by atoms with Crippen molar-refractivity contribution in [1.82, 2.24) is 0 Å². The molecule has 11 rings (SSSR count). The van der Waals surface area contributed by atoms with Gasteiger partial charge >= 0.3 is 0 Å². The number of anilines is 9. The maximum atomic E-state index is 2.64. The van der Waals surface area contributed by atoms with Crippen molar-refractivity contribution in [2.24, 2.45) is 0 Å². The van der Waals surface area contributed by atoms with Gasteiger partial charge in [-0.3, -0.25) is 0 Å². The fraction of sp³-hybridized carbons (Fsp3) is 0.284. The van der Waals surface area contributed by atoms with E-state index in [-0.39, 0.29) is 33.8 Å². The summed E-state index contributed by atoms with van der Waals surface area (Å²) in [7, 11) is 0. The molecule has 3 nitrogen and oxygen atoms in total. The number of benzene rings is 8. The number of hydrogen-bond acceptors (Lipinski definition) is 3. The van der Waals surface area contributed by atoms with E-state index in [1.54, 1.807) is 0 Å². The van der Waals surface area contributed by atoms with Crippen LogP contribution in [0.5, 0.6) is 0 Å². The molecule has 0 fully saturated rings. The first-order valence-electron chi connectivity index (χ1n) is 25.9. The van der Waals surface area contributed by atoms with Crippen molar-refractivity contribution >= 4 is 74.3 Å². The highest BCUT2D eigenvalue weighted by Crippen LogP contribution is 2.55. The van der Waals surface area contributed by atoms with Gasteiger partial charge < -0.3 is 14.7 Å². The fourth-order valence-electron chi connectivity index (χ4n) is 11.7. The first-order chi connectivity index (χ1) is 33.5. The minimum absolute atomic E-state index is 0.0148. The van der Waals surface area contributed by atoms with Gasteiger partial charge in [-0.15, -0.1) is 0 Å². The van der Waals surface area contributed by atoms with Crippen LogP contribution in [0.1, 0.15) is 130 Å². The number of nitrogens with zero attached hydrogens (tertiary/aromatic N) is 3. The Hall–Kier alpha value is -6.78. The highest BCUT2D eigenvalue weighted by molar-refractivity contribution is 7.00. The molecule has 4 heteroatoms.